The number of nitrogens with zero attached hydrogens (tertiary/aromatic N) is 3. The molecule has 0 spiro atoms. The van der Waals surface area contributed by atoms with E-state index in [1.54, 1.807) is 18.3 Å². The van der Waals surface area contributed by atoms with Crippen LogP contribution in [0.1, 0.15) is 34.9 Å². The molecule has 0 atom stereocenters. The zero-order chi connectivity index (χ0) is 20.4. The molecule has 29 heavy (non-hydrogen) atoms. The Morgan fingerprint density at radius 1 is 1.38 bits per heavy atom. The summed E-state index contributed by atoms with van der Waals surface area (Å²) in [7, 11) is 0. The number of hydrogen-bond acceptors (Lipinski definition) is 6. The van der Waals surface area contributed by atoms with Gasteiger partial charge in [-0.3, -0.25) is 9.59 Å². The van der Waals surface area contributed by atoms with Crippen molar-refractivity contribution in [3.8, 4) is 6.07 Å². The number of aromatic nitrogens is 2. The Morgan fingerprint density at radius 2 is 2.14 bits per heavy atom. The van der Waals surface area contributed by atoms with Crippen LogP contribution in [0.5, 0.6) is 0 Å². The number of thioether (sulfide) groups is 1. The monoisotopic (exact) mass is 424 g/mol. The molecule has 1 aliphatic rings. The third-order valence-corrected chi connectivity index (χ3v) is 7.35. The van der Waals surface area contributed by atoms with Crippen molar-refractivity contribution >= 4 is 39.2 Å². The minimum atomic E-state index is -0.256. The molecule has 6 nitrogen and oxygen atoms in total. The molecular weight excluding hydrogens is 404 g/mol. The number of nitrogens with one attached hydrogen (secondary N) is 1. The van der Waals surface area contributed by atoms with Gasteiger partial charge in [-0.2, -0.15) is 5.26 Å². The third kappa shape index (κ3) is 4.21. The molecule has 0 aliphatic carbocycles. The number of carbonyl (C=O) groups is 1. The van der Waals surface area contributed by atoms with Crippen molar-refractivity contribution in [2.75, 3.05) is 18.8 Å². The lowest BCUT2D eigenvalue weighted by molar-refractivity contribution is -0.129. The Morgan fingerprint density at radius 3 is 2.86 bits per heavy atom. The molecule has 3 aromatic rings. The van der Waals surface area contributed by atoms with Crippen molar-refractivity contribution in [1.82, 2.24) is 14.9 Å². The van der Waals surface area contributed by atoms with Crippen LogP contribution >= 0.6 is 23.1 Å². The Labute approximate surface area is 176 Å². The van der Waals surface area contributed by atoms with Gasteiger partial charge in [-0.25, -0.2) is 4.98 Å². The number of amides is 1. The van der Waals surface area contributed by atoms with Crippen molar-refractivity contribution in [2.24, 2.45) is 0 Å². The van der Waals surface area contributed by atoms with E-state index in [4.69, 9.17) is 4.98 Å². The minimum Gasteiger partial charge on any atom is -0.342 e. The standard InChI is InChI=1S/C21H20N4O2S2/c1-13-10-18(26)24-21(15(13)11-22)28-12-19(27)25-8-6-14(7-9-25)20-23-16-4-2-3-5-17(16)29-20/h2-5,10,14H,6-9,12H2,1H3,(H,24,26). The lowest BCUT2D eigenvalue weighted by Crippen LogP contribution is -2.39. The molecule has 0 unspecified atom stereocenters. The van der Waals surface area contributed by atoms with Crippen LogP contribution in [0.2, 0.25) is 0 Å². The average Bonchev–Trinajstić information content (AvgIpc) is 3.16. The first-order chi connectivity index (χ1) is 14.0. The van der Waals surface area contributed by atoms with Gasteiger partial charge in [0.05, 0.1) is 31.6 Å². The quantitative estimate of drug-likeness (QED) is 0.646. The maximum absolute atomic E-state index is 12.6. The van der Waals surface area contributed by atoms with Crippen LogP contribution in [0.4, 0.5) is 0 Å². The summed E-state index contributed by atoms with van der Waals surface area (Å²) in [6.07, 6.45) is 1.81. The van der Waals surface area contributed by atoms with Gasteiger partial charge in [0, 0.05) is 25.1 Å². The molecule has 8 heteroatoms. The lowest BCUT2D eigenvalue weighted by atomic mass is 9.97. The lowest BCUT2D eigenvalue weighted by Gasteiger charge is -2.31. The number of para-hydroxylation sites is 1. The minimum absolute atomic E-state index is 0.0315. The summed E-state index contributed by atoms with van der Waals surface area (Å²) in [6.45, 7) is 3.14. The smallest absolute Gasteiger partial charge is 0.249 e. The largest absolute Gasteiger partial charge is 0.342 e. The zero-order valence-electron chi connectivity index (χ0n) is 16.0. The number of hydrogen-bond donors (Lipinski definition) is 1. The molecule has 1 N–H and O–H groups in total. The molecule has 1 saturated heterocycles. The number of carbonyl (C=O) groups excluding carboxylic acids is 1. The topological polar surface area (TPSA) is 89.8 Å². The number of H-pyrrole nitrogens is 1. The van der Waals surface area contributed by atoms with E-state index in [2.05, 4.69) is 17.1 Å². The molecule has 1 amide bonds. The van der Waals surface area contributed by atoms with Crippen molar-refractivity contribution in [1.29, 1.82) is 5.26 Å². The zero-order valence-corrected chi connectivity index (χ0v) is 17.6. The summed E-state index contributed by atoms with van der Waals surface area (Å²) >= 11 is 2.97. The number of rotatable bonds is 4. The second kappa shape index (κ2) is 8.39. The van der Waals surface area contributed by atoms with Gasteiger partial charge in [0.1, 0.15) is 6.07 Å². The number of pyridine rings is 1. The highest BCUT2D eigenvalue weighted by Gasteiger charge is 2.26. The van der Waals surface area contributed by atoms with Crippen LogP contribution in [-0.2, 0) is 4.79 Å². The van der Waals surface area contributed by atoms with E-state index in [0.29, 0.717) is 35.2 Å². The molecule has 2 aromatic heterocycles. The number of fused-ring (bicyclic) bond motifs is 1. The molecule has 1 fully saturated rings. The van der Waals surface area contributed by atoms with Crippen molar-refractivity contribution in [2.45, 2.75) is 30.7 Å². The van der Waals surface area contributed by atoms with E-state index in [9.17, 15) is 14.9 Å². The molecule has 4 rings (SSSR count). The summed E-state index contributed by atoms with van der Waals surface area (Å²) in [5, 5.41) is 10.9. The number of thiazole rings is 1. The van der Waals surface area contributed by atoms with Crippen molar-refractivity contribution in [3.05, 3.63) is 56.8 Å². The fourth-order valence-corrected chi connectivity index (χ4v) is 5.68. The van der Waals surface area contributed by atoms with Gasteiger partial charge in [-0.15, -0.1) is 11.3 Å². The van der Waals surface area contributed by atoms with Gasteiger partial charge in [0.25, 0.3) is 0 Å². The highest BCUT2D eigenvalue weighted by molar-refractivity contribution is 8.00. The predicted octanol–water partition coefficient (Wildman–Crippen LogP) is 3.66. The highest BCUT2D eigenvalue weighted by Crippen LogP contribution is 2.34. The molecule has 3 heterocycles. The van der Waals surface area contributed by atoms with E-state index >= 15 is 0 Å². The fourth-order valence-electron chi connectivity index (χ4n) is 3.57. The number of aryl methyl sites for hydroxylation is 1. The van der Waals surface area contributed by atoms with E-state index in [0.717, 1.165) is 23.4 Å². The van der Waals surface area contributed by atoms with Gasteiger partial charge in [-0.1, -0.05) is 23.9 Å². The maximum Gasteiger partial charge on any atom is 0.249 e. The van der Waals surface area contributed by atoms with Crippen LogP contribution in [0, 0.1) is 18.3 Å². The molecule has 0 bridgehead atoms. The summed E-state index contributed by atoms with van der Waals surface area (Å²) in [5.74, 6) is 0.631. The number of piperidine rings is 1. The Bertz CT molecular complexity index is 1120. The van der Waals surface area contributed by atoms with Gasteiger partial charge in [0.2, 0.25) is 11.5 Å². The molecule has 148 valence electrons. The molecule has 0 radical (unpaired) electrons. The number of likely N-dealkylation sites (tertiary alicyclic amines) is 1. The Balaban J connectivity index is 1.36. The second-order valence-corrected chi connectivity index (χ2v) is 9.14. The van der Waals surface area contributed by atoms with Gasteiger partial charge < -0.3 is 9.88 Å². The molecule has 1 aliphatic heterocycles. The fraction of sp³-hybridized carbons (Fsp3) is 0.333. The number of aromatic amines is 1. The first kappa shape index (κ1) is 19.7. The third-order valence-electron chi connectivity index (χ3n) is 5.16. The summed E-state index contributed by atoms with van der Waals surface area (Å²) in [5.41, 5.74) is 1.84. The summed E-state index contributed by atoms with van der Waals surface area (Å²) < 4.78 is 1.21. The van der Waals surface area contributed by atoms with E-state index in [1.165, 1.54) is 22.5 Å². The predicted molar refractivity (Wildman–Crippen MR) is 115 cm³/mol. The van der Waals surface area contributed by atoms with Crippen LogP contribution in [-0.4, -0.2) is 39.6 Å². The van der Waals surface area contributed by atoms with E-state index in [1.807, 2.05) is 23.1 Å². The second-order valence-electron chi connectivity index (χ2n) is 7.10. The average molecular weight is 425 g/mol. The summed E-state index contributed by atoms with van der Waals surface area (Å²) in [4.78, 5) is 33.6. The Hall–Kier alpha value is -2.63. The number of nitriles is 1. The van der Waals surface area contributed by atoms with Crippen LogP contribution in [0.25, 0.3) is 10.2 Å². The van der Waals surface area contributed by atoms with Crippen LogP contribution < -0.4 is 5.56 Å². The highest BCUT2D eigenvalue weighted by atomic mass is 32.2. The van der Waals surface area contributed by atoms with Gasteiger partial charge >= 0.3 is 0 Å². The van der Waals surface area contributed by atoms with Crippen molar-refractivity contribution < 1.29 is 4.79 Å². The molecule has 1 aromatic carbocycles. The SMILES string of the molecule is Cc1cc(=O)[nH]c(SCC(=O)N2CCC(c3nc4ccccc4s3)CC2)c1C#N. The van der Waals surface area contributed by atoms with Crippen LogP contribution in [0.15, 0.2) is 40.2 Å². The first-order valence-electron chi connectivity index (χ1n) is 9.45. The Kier molecular flexibility index (Phi) is 5.69. The van der Waals surface area contributed by atoms with Crippen LogP contribution in [0.3, 0.4) is 0 Å². The number of benzene rings is 1. The van der Waals surface area contributed by atoms with E-state index < -0.39 is 0 Å². The normalized spacial score (nSPS) is 14.8. The maximum atomic E-state index is 12.6. The summed E-state index contributed by atoms with van der Waals surface area (Å²) in [6, 6.07) is 11.7. The molecule has 0 saturated carbocycles. The van der Waals surface area contributed by atoms with Gasteiger partial charge in [-0.05, 0) is 37.5 Å². The van der Waals surface area contributed by atoms with E-state index in [-0.39, 0.29) is 17.2 Å². The van der Waals surface area contributed by atoms with Gasteiger partial charge in [0.15, 0.2) is 0 Å². The first-order valence-corrected chi connectivity index (χ1v) is 11.3. The van der Waals surface area contributed by atoms with Crippen molar-refractivity contribution in [3.63, 3.8) is 0 Å². The molecular formula is C21H20N4O2S2.